The number of nitrogens with one attached hydrogen (secondary N) is 2. The van der Waals surface area contributed by atoms with Gasteiger partial charge in [0.1, 0.15) is 0 Å². The Labute approximate surface area is 194 Å². The maximum Gasteiger partial charge on any atom is 0.191 e. The average Bonchev–Trinajstić information content (AvgIpc) is 3.20. The maximum absolute atomic E-state index is 4.94. The van der Waals surface area contributed by atoms with Crippen molar-refractivity contribution in [3.05, 3.63) is 30.3 Å². The van der Waals surface area contributed by atoms with Gasteiger partial charge in [0, 0.05) is 37.4 Å². The topological polar surface area (TPSA) is 42.9 Å². The number of hydrogen-bond acceptors (Lipinski definition) is 3. The summed E-state index contributed by atoms with van der Waals surface area (Å²) < 4.78 is 0. The summed E-state index contributed by atoms with van der Waals surface area (Å²) in [6.07, 6.45) is 5.26. The van der Waals surface area contributed by atoms with Crippen molar-refractivity contribution in [2.24, 2.45) is 10.9 Å². The largest absolute Gasteiger partial charge is 0.371 e. The van der Waals surface area contributed by atoms with Gasteiger partial charge in [-0.2, -0.15) is 0 Å². The number of rotatable bonds is 7. The molecular weight excluding hydrogens is 473 g/mol. The van der Waals surface area contributed by atoms with Gasteiger partial charge in [0.05, 0.1) is 6.54 Å². The third-order valence-electron chi connectivity index (χ3n) is 6.15. The molecule has 2 aliphatic heterocycles. The second-order valence-corrected chi connectivity index (χ2v) is 8.87. The quantitative estimate of drug-likeness (QED) is 0.329. The van der Waals surface area contributed by atoms with E-state index in [2.05, 4.69) is 71.5 Å². The molecule has 2 aliphatic rings. The van der Waals surface area contributed by atoms with E-state index < -0.39 is 0 Å². The van der Waals surface area contributed by atoms with Crippen LogP contribution in [0.2, 0.25) is 0 Å². The second kappa shape index (κ2) is 12.0. The number of nitrogens with zero attached hydrogens (tertiary/aromatic N) is 3. The van der Waals surface area contributed by atoms with Crippen LogP contribution in [0.1, 0.15) is 46.5 Å². The fraction of sp³-hybridized carbons (Fsp3) is 0.696. The van der Waals surface area contributed by atoms with E-state index in [1.54, 1.807) is 0 Å². The highest BCUT2D eigenvalue weighted by atomic mass is 127. The molecule has 6 heteroatoms. The predicted octanol–water partition coefficient (Wildman–Crippen LogP) is 3.95. The first-order valence-electron chi connectivity index (χ1n) is 11.2. The van der Waals surface area contributed by atoms with E-state index in [0.717, 1.165) is 38.7 Å². The predicted molar refractivity (Wildman–Crippen MR) is 136 cm³/mol. The molecule has 0 aromatic heterocycles. The summed E-state index contributed by atoms with van der Waals surface area (Å²) in [6, 6.07) is 10.8. The summed E-state index contributed by atoms with van der Waals surface area (Å²) in [5.74, 6) is 1.63. The van der Waals surface area contributed by atoms with Gasteiger partial charge in [0.15, 0.2) is 5.96 Å². The number of para-hydroxylation sites is 1. The molecule has 0 radical (unpaired) electrons. The summed E-state index contributed by atoms with van der Waals surface area (Å²) in [5, 5.41) is 7.04. The first-order valence-corrected chi connectivity index (χ1v) is 11.2. The molecule has 3 rings (SSSR count). The minimum Gasteiger partial charge on any atom is -0.371 e. The number of hydrogen-bond donors (Lipinski definition) is 2. The minimum absolute atomic E-state index is 0. The Hall–Kier alpha value is -1.02. The molecule has 0 amide bonds. The molecule has 1 unspecified atom stereocenters. The van der Waals surface area contributed by atoms with Gasteiger partial charge in [0.2, 0.25) is 0 Å². The smallest absolute Gasteiger partial charge is 0.191 e. The normalized spacial score (nSPS) is 21.0. The number of halogens is 1. The molecule has 164 valence electrons. The molecule has 2 fully saturated rings. The minimum atomic E-state index is 0. The van der Waals surface area contributed by atoms with Crippen molar-refractivity contribution < 1.29 is 0 Å². The van der Waals surface area contributed by atoms with Gasteiger partial charge in [-0.3, -0.25) is 9.89 Å². The highest BCUT2D eigenvalue weighted by Crippen LogP contribution is 2.23. The summed E-state index contributed by atoms with van der Waals surface area (Å²) in [7, 11) is 0. The van der Waals surface area contributed by atoms with Crippen LogP contribution in [0.15, 0.2) is 35.3 Å². The standard InChI is InChI=1S/C23H39N5.HI/c1-4-24-22(26-19-23(2,3)28-14-9-6-10-15-28)25-17-20-13-16-27(18-20)21-11-7-5-8-12-21;/h5,7-8,11-12,20H,4,6,9-10,13-19H2,1-3H3,(H2,24,25,26);1H. The van der Waals surface area contributed by atoms with Crippen molar-refractivity contribution in [2.45, 2.75) is 52.0 Å². The Morgan fingerprint density at radius 1 is 1.07 bits per heavy atom. The van der Waals surface area contributed by atoms with E-state index in [1.807, 2.05) is 0 Å². The van der Waals surface area contributed by atoms with Crippen LogP contribution in [0.4, 0.5) is 5.69 Å². The van der Waals surface area contributed by atoms with Crippen LogP contribution in [0, 0.1) is 5.92 Å². The SMILES string of the molecule is CCNC(=NCC(C)(C)N1CCCCC1)NCC1CCN(c2ccccc2)C1.I. The summed E-state index contributed by atoms with van der Waals surface area (Å²) in [4.78, 5) is 10.0. The number of anilines is 1. The number of piperidine rings is 1. The molecule has 0 spiro atoms. The average molecular weight is 514 g/mol. The highest BCUT2D eigenvalue weighted by Gasteiger charge is 2.28. The molecule has 1 aromatic carbocycles. The van der Waals surface area contributed by atoms with Gasteiger partial charge in [0.25, 0.3) is 0 Å². The molecule has 2 saturated heterocycles. The monoisotopic (exact) mass is 513 g/mol. The molecule has 2 heterocycles. The second-order valence-electron chi connectivity index (χ2n) is 8.87. The molecule has 5 nitrogen and oxygen atoms in total. The van der Waals surface area contributed by atoms with Crippen molar-refractivity contribution in [3.8, 4) is 0 Å². The lowest BCUT2D eigenvalue weighted by atomic mass is 9.99. The maximum atomic E-state index is 4.94. The molecule has 0 saturated carbocycles. The molecular formula is C23H40IN5. The molecule has 1 aromatic rings. The van der Waals surface area contributed by atoms with Crippen LogP contribution in [0.25, 0.3) is 0 Å². The third kappa shape index (κ3) is 7.31. The molecule has 0 bridgehead atoms. The Balaban J connectivity index is 0.00000300. The summed E-state index contributed by atoms with van der Waals surface area (Å²) >= 11 is 0. The Morgan fingerprint density at radius 3 is 2.48 bits per heavy atom. The van der Waals surface area contributed by atoms with Crippen molar-refractivity contribution in [2.75, 3.05) is 50.7 Å². The van der Waals surface area contributed by atoms with Crippen LogP contribution in [0.3, 0.4) is 0 Å². The molecule has 1 atom stereocenters. The van der Waals surface area contributed by atoms with E-state index in [4.69, 9.17) is 4.99 Å². The van der Waals surface area contributed by atoms with Crippen LogP contribution in [-0.4, -0.2) is 62.2 Å². The Kier molecular flexibility index (Phi) is 10.0. The van der Waals surface area contributed by atoms with Gasteiger partial charge in [-0.1, -0.05) is 24.6 Å². The van der Waals surface area contributed by atoms with Crippen LogP contribution in [-0.2, 0) is 0 Å². The summed E-state index contributed by atoms with van der Waals surface area (Å²) in [6.45, 7) is 14.2. The number of likely N-dealkylation sites (tertiary alicyclic amines) is 1. The lowest BCUT2D eigenvalue weighted by Crippen LogP contribution is -2.49. The van der Waals surface area contributed by atoms with Gasteiger partial charge in [-0.15, -0.1) is 24.0 Å². The van der Waals surface area contributed by atoms with Gasteiger partial charge < -0.3 is 15.5 Å². The first kappa shape index (κ1) is 24.3. The van der Waals surface area contributed by atoms with Crippen molar-refractivity contribution in [1.82, 2.24) is 15.5 Å². The van der Waals surface area contributed by atoms with Crippen LogP contribution in [0.5, 0.6) is 0 Å². The van der Waals surface area contributed by atoms with Crippen LogP contribution < -0.4 is 15.5 Å². The van der Waals surface area contributed by atoms with Crippen LogP contribution >= 0.6 is 24.0 Å². The third-order valence-corrected chi connectivity index (χ3v) is 6.15. The van der Waals surface area contributed by atoms with E-state index in [0.29, 0.717) is 5.92 Å². The van der Waals surface area contributed by atoms with Crippen molar-refractivity contribution in [1.29, 1.82) is 0 Å². The molecule has 29 heavy (non-hydrogen) atoms. The lowest BCUT2D eigenvalue weighted by Gasteiger charge is -2.40. The number of aliphatic imine (C=N–C) groups is 1. The van der Waals surface area contributed by atoms with E-state index in [1.165, 1.54) is 44.5 Å². The number of benzene rings is 1. The zero-order valence-electron chi connectivity index (χ0n) is 18.5. The Morgan fingerprint density at radius 2 is 1.79 bits per heavy atom. The molecule has 2 N–H and O–H groups in total. The number of guanidine groups is 1. The van der Waals surface area contributed by atoms with E-state index in [9.17, 15) is 0 Å². The highest BCUT2D eigenvalue weighted by molar-refractivity contribution is 14.0. The lowest BCUT2D eigenvalue weighted by molar-refractivity contribution is 0.102. The molecule has 0 aliphatic carbocycles. The van der Waals surface area contributed by atoms with Gasteiger partial charge in [-0.25, -0.2) is 0 Å². The zero-order valence-corrected chi connectivity index (χ0v) is 20.8. The fourth-order valence-electron chi connectivity index (χ4n) is 4.33. The van der Waals surface area contributed by atoms with E-state index >= 15 is 0 Å². The summed E-state index contributed by atoms with van der Waals surface area (Å²) in [5.41, 5.74) is 1.47. The van der Waals surface area contributed by atoms with Gasteiger partial charge in [-0.05, 0) is 71.2 Å². The fourth-order valence-corrected chi connectivity index (χ4v) is 4.33. The first-order chi connectivity index (χ1) is 13.6. The Bertz CT molecular complexity index is 613. The van der Waals surface area contributed by atoms with Gasteiger partial charge >= 0.3 is 0 Å². The van der Waals surface area contributed by atoms with Crippen molar-refractivity contribution in [3.63, 3.8) is 0 Å². The van der Waals surface area contributed by atoms with Crippen molar-refractivity contribution >= 4 is 35.6 Å². The van der Waals surface area contributed by atoms with E-state index in [-0.39, 0.29) is 29.5 Å². The zero-order chi connectivity index (χ0) is 19.8.